The van der Waals surface area contributed by atoms with Crippen LogP contribution in [0.5, 0.6) is 5.88 Å². The fourth-order valence-electron chi connectivity index (χ4n) is 0.992. The summed E-state index contributed by atoms with van der Waals surface area (Å²) in [7, 11) is 0. The Morgan fingerprint density at radius 3 is 3.08 bits per heavy atom. The highest BCUT2D eigenvalue weighted by molar-refractivity contribution is 5.39. The summed E-state index contributed by atoms with van der Waals surface area (Å²) in [4.78, 5) is 7.63. The number of imidazole rings is 1. The van der Waals surface area contributed by atoms with Crippen molar-refractivity contribution in [2.24, 2.45) is 0 Å². The predicted octanol–water partition coefficient (Wildman–Crippen LogP) is 0.307. The van der Waals surface area contributed by atoms with E-state index in [0.717, 1.165) is 0 Å². The Balaban J connectivity index is 2.96. The molecule has 0 amide bonds. The SMILES string of the molecule is N#Cc1ccnc2ncc(O)n12. The number of aromatic nitrogens is 3. The van der Waals surface area contributed by atoms with Crippen molar-refractivity contribution in [2.45, 2.75) is 0 Å². The van der Waals surface area contributed by atoms with Crippen molar-refractivity contribution in [3.8, 4) is 11.9 Å². The van der Waals surface area contributed by atoms with E-state index in [1.54, 1.807) is 0 Å². The number of aromatic hydroxyl groups is 1. The standard InChI is InChI=1S/C7H4N4O/c8-3-5-1-2-9-7-10-4-6(12)11(5)7/h1-2,4,12H. The molecule has 0 fully saturated rings. The first-order valence-electron chi connectivity index (χ1n) is 3.24. The summed E-state index contributed by atoms with van der Waals surface area (Å²) in [5, 5.41) is 17.9. The summed E-state index contributed by atoms with van der Waals surface area (Å²) in [6, 6.07) is 3.43. The molecule has 0 saturated heterocycles. The van der Waals surface area contributed by atoms with Gasteiger partial charge >= 0.3 is 0 Å². The molecular formula is C7H4N4O. The van der Waals surface area contributed by atoms with Crippen LogP contribution < -0.4 is 0 Å². The van der Waals surface area contributed by atoms with E-state index in [9.17, 15) is 5.11 Å². The number of fused-ring (bicyclic) bond motifs is 1. The maximum atomic E-state index is 9.23. The lowest BCUT2D eigenvalue weighted by molar-refractivity contribution is 0.447. The maximum Gasteiger partial charge on any atom is 0.237 e. The van der Waals surface area contributed by atoms with Gasteiger partial charge in [-0.1, -0.05) is 0 Å². The summed E-state index contributed by atoms with van der Waals surface area (Å²) in [6.07, 6.45) is 2.73. The Hall–Kier alpha value is -2.09. The van der Waals surface area contributed by atoms with Gasteiger partial charge in [-0.05, 0) is 6.07 Å². The fourth-order valence-corrected chi connectivity index (χ4v) is 0.992. The lowest BCUT2D eigenvalue weighted by atomic mass is 10.4. The minimum Gasteiger partial charge on any atom is -0.493 e. The van der Waals surface area contributed by atoms with E-state index in [1.165, 1.54) is 22.9 Å². The molecule has 5 heteroatoms. The molecule has 0 atom stereocenters. The van der Waals surface area contributed by atoms with Gasteiger partial charge in [0.15, 0.2) is 0 Å². The molecule has 2 aromatic rings. The van der Waals surface area contributed by atoms with Crippen LogP contribution in [0.3, 0.4) is 0 Å². The second-order valence-corrected chi connectivity index (χ2v) is 2.19. The molecular weight excluding hydrogens is 156 g/mol. The monoisotopic (exact) mass is 160 g/mol. The molecule has 58 valence electrons. The molecule has 0 unspecified atom stereocenters. The molecule has 0 radical (unpaired) electrons. The molecule has 2 rings (SSSR count). The predicted molar refractivity (Wildman–Crippen MR) is 39.4 cm³/mol. The molecule has 0 bridgehead atoms. The Kier molecular flexibility index (Phi) is 1.21. The Bertz CT molecular complexity index is 468. The molecule has 0 saturated carbocycles. The molecule has 0 aromatic carbocycles. The van der Waals surface area contributed by atoms with E-state index >= 15 is 0 Å². The third kappa shape index (κ3) is 0.720. The van der Waals surface area contributed by atoms with Crippen LogP contribution in [0.1, 0.15) is 5.69 Å². The molecule has 0 spiro atoms. The Labute approximate surface area is 67.5 Å². The van der Waals surface area contributed by atoms with Crippen LogP contribution in [0.15, 0.2) is 18.5 Å². The second-order valence-electron chi connectivity index (χ2n) is 2.19. The second kappa shape index (κ2) is 2.20. The number of nitriles is 1. The Morgan fingerprint density at radius 1 is 1.50 bits per heavy atom. The third-order valence-corrected chi connectivity index (χ3v) is 1.50. The van der Waals surface area contributed by atoms with E-state index in [1.807, 2.05) is 6.07 Å². The highest BCUT2D eigenvalue weighted by Gasteiger charge is 2.05. The summed E-state index contributed by atoms with van der Waals surface area (Å²) in [5.74, 6) is 0.251. The summed E-state index contributed by atoms with van der Waals surface area (Å²) in [5.41, 5.74) is 0.315. The van der Waals surface area contributed by atoms with Gasteiger partial charge in [0.05, 0.1) is 6.20 Å². The largest absolute Gasteiger partial charge is 0.493 e. The summed E-state index contributed by atoms with van der Waals surface area (Å²) in [6.45, 7) is 0. The zero-order valence-electron chi connectivity index (χ0n) is 5.97. The summed E-state index contributed by atoms with van der Waals surface area (Å²) < 4.78 is 1.28. The van der Waals surface area contributed by atoms with E-state index < -0.39 is 0 Å². The van der Waals surface area contributed by atoms with Crippen LogP contribution in [0.2, 0.25) is 0 Å². The first-order valence-corrected chi connectivity index (χ1v) is 3.24. The average Bonchev–Trinajstić information content (AvgIpc) is 2.48. The van der Waals surface area contributed by atoms with Crippen molar-refractivity contribution in [3.05, 3.63) is 24.2 Å². The number of hydrogen-bond acceptors (Lipinski definition) is 4. The quantitative estimate of drug-likeness (QED) is 0.601. The van der Waals surface area contributed by atoms with Gasteiger partial charge in [0.25, 0.3) is 0 Å². The van der Waals surface area contributed by atoms with Crippen LogP contribution >= 0.6 is 0 Å². The maximum absolute atomic E-state index is 9.23. The molecule has 1 N–H and O–H groups in total. The number of rotatable bonds is 0. The van der Waals surface area contributed by atoms with Crippen LogP contribution in [0, 0.1) is 11.3 Å². The van der Waals surface area contributed by atoms with Gasteiger partial charge in [-0.2, -0.15) is 5.26 Å². The van der Waals surface area contributed by atoms with E-state index in [0.29, 0.717) is 11.5 Å². The number of hydrogen-bond donors (Lipinski definition) is 1. The first-order chi connectivity index (χ1) is 5.83. The highest BCUT2D eigenvalue weighted by Crippen LogP contribution is 2.12. The van der Waals surface area contributed by atoms with Crippen LogP contribution in [0.25, 0.3) is 5.78 Å². The van der Waals surface area contributed by atoms with Crippen LogP contribution in [-0.4, -0.2) is 19.5 Å². The smallest absolute Gasteiger partial charge is 0.237 e. The van der Waals surface area contributed by atoms with Gasteiger partial charge in [0.1, 0.15) is 11.8 Å². The van der Waals surface area contributed by atoms with Crippen molar-refractivity contribution in [3.63, 3.8) is 0 Å². The van der Waals surface area contributed by atoms with E-state index in [4.69, 9.17) is 5.26 Å². The van der Waals surface area contributed by atoms with Gasteiger partial charge in [-0.15, -0.1) is 0 Å². The molecule has 12 heavy (non-hydrogen) atoms. The molecule has 0 aliphatic heterocycles. The van der Waals surface area contributed by atoms with Crippen molar-refractivity contribution < 1.29 is 5.11 Å². The van der Waals surface area contributed by atoms with Crippen molar-refractivity contribution in [2.75, 3.05) is 0 Å². The van der Waals surface area contributed by atoms with E-state index in [-0.39, 0.29) is 5.88 Å². The minimum absolute atomic E-state index is 0.0744. The molecule has 0 aliphatic carbocycles. The number of nitrogens with zero attached hydrogens (tertiary/aromatic N) is 4. The van der Waals surface area contributed by atoms with Gasteiger partial charge in [0, 0.05) is 6.20 Å². The van der Waals surface area contributed by atoms with Gasteiger partial charge in [-0.3, -0.25) is 0 Å². The Morgan fingerprint density at radius 2 is 2.33 bits per heavy atom. The first kappa shape index (κ1) is 6.61. The average molecular weight is 160 g/mol. The van der Waals surface area contributed by atoms with Crippen molar-refractivity contribution in [1.29, 1.82) is 5.26 Å². The van der Waals surface area contributed by atoms with Gasteiger partial charge in [-0.25, -0.2) is 14.4 Å². The summed E-state index contributed by atoms with van der Waals surface area (Å²) >= 11 is 0. The zero-order chi connectivity index (χ0) is 8.55. The highest BCUT2D eigenvalue weighted by atomic mass is 16.3. The molecule has 0 aliphatic rings. The van der Waals surface area contributed by atoms with Gasteiger partial charge < -0.3 is 5.11 Å². The molecule has 2 aromatic heterocycles. The molecule has 2 heterocycles. The van der Waals surface area contributed by atoms with Crippen molar-refractivity contribution >= 4 is 5.78 Å². The van der Waals surface area contributed by atoms with E-state index in [2.05, 4.69) is 9.97 Å². The topological polar surface area (TPSA) is 74.2 Å². The lowest BCUT2D eigenvalue weighted by Crippen LogP contribution is -1.92. The van der Waals surface area contributed by atoms with Crippen molar-refractivity contribution in [1.82, 2.24) is 14.4 Å². The fraction of sp³-hybridized carbons (Fsp3) is 0. The normalized spacial score (nSPS) is 9.92. The lowest BCUT2D eigenvalue weighted by Gasteiger charge is -1.95. The third-order valence-electron chi connectivity index (χ3n) is 1.50. The minimum atomic E-state index is -0.0744. The zero-order valence-corrected chi connectivity index (χ0v) is 5.97. The van der Waals surface area contributed by atoms with Crippen LogP contribution in [0.4, 0.5) is 0 Å². The van der Waals surface area contributed by atoms with Crippen LogP contribution in [-0.2, 0) is 0 Å². The molecule has 5 nitrogen and oxygen atoms in total. The van der Waals surface area contributed by atoms with Gasteiger partial charge in [0.2, 0.25) is 11.7 Å².